The molecule has 0 radical (unpaired) electrons. The minimum Gasteiger partial charge on any atom is -0.478 e. The molecule has 1 amide bonds. The van der Waals surface area contributed by atoms with E-state index in [4.69, 9.17) is 10.8 Å². The number of aliphatic carboxylic acids is 1. The number of nitrogens with two attached hydrogens (primary N) is 1. The van der Waals surface area contributed by atoms with E-state index in [1.807, 2.05) is 0 Å². The zero-order valence-electron chi connectivity index (χ0n) is 11.1. The van der Waals surface area contributed by atoms with Gasteiger partial charge in [-0.3, -0.25) is 4.79 Å². The molecule has 4 N–H and O–H groups in total. The molecular weight excluding hydrogens is 256 g/mol. The molecule has 0 aromatic heterocycles. The minimum absolute atomic E-state index is 0.0864. The molecule has 20 heavy (non-hydrogen) atoms. The van der Waals surface area contributed by atoms with Crippen molar-refractivity contribution >= 4 is 23.6 Å². The first-order valence-corrected chi connectivity index (χ1v) is 6.64. The van der Waals surface area contributed by atoms with Gasteiger partial charge in [-0.15, -0.1) is 0 Å². The number of hydrogen-bond acceptors (Lipinski definition) is 3. The number of carbonyl (C=O) groups is 2. The maximum absolute atomic E-state index is 12.2. The molecule has 1 aromatic carbocycles. The molecule has 0 aliphatic heterocycles. The molecule has 5 nitrogen and oxygen atoms in total. The van der Waals surface area contributed by atoms with E-state index in [9.17, 15) is 9.59 Å². The van der Waals surface area contributed by atoms with Gasteiger partial charge >= 0.3 is 5.97 Å². The molecule has 2 atom stereocenters. The van der Waals surface area contributed by atoms with Crippen molar-refractivity contribution in [3.05, 3.63) is 35.9 Å². The number of carboxylic acids is 1. The maximum Gasteiger partial charge on any atom is 0.328 e. The average molecular weight is 274 g/mol. The van der Waals surface area contributed by atoms with Crippen molar-refractivity contribution in [1.82, 2.24) is 0 Å². The van der Waals surface area contributed by atoms with Crippen LogP contribution in [0.15, 0.2) is 30.3 Å². The molecule has 0 heterocycles. The third-order valence-electron chi connectivity index (χ3n) is 3.53. The van der Waals surface area contributed by atoms with Gasteiger partial charge in [-0.2, -0.15) is 0 Å². The van der Waals surface area contributed by atoms with E-state index in [-0.39, 0.29) is 17.9 Å². The largest absolute Gasteiger partial charge is 0.478 e. The summed E-state index contributed by atoms with van der Waals surface area (Å²) < 4.78 is 0. The number of carbonyl (C=O) groups excluding carboxylic acids is 1. The van der Waals surface area contributed by atoms with Gasteiger partial charge in [-0.05, 0) is 30.5 Å². The summed E-state index contributed by atoms with van der Waals surface area (Å²) in [6, 6.07) is 7.00. The molecule has 1 fully saturated rings. The smallest absolute Gasteiger partial charge is 0.328 e. The zero-order chi connectivity index (χ0) is 14.5. The molecular formula is C15H18N2O3. The Kier molecular flexibility index (Phi) is 4.53. The van der Waals surface area contributed by atoms with Crippen molar-refractivity contribution in [2.75, 3.05) is 5.32 Å². The van der Waals surface area contributed by atoms with E-state index in [2.05, 4.69) is 5.32 Å². The third-order valence-corrected chi connectivity index (χ3v) is 3.53. The average Bonchev–Trinajstić information content (AvgIpc) is 2.84. The Labute approximate surface area is 117 Å². The fraction of sp³-hybridized carbons (Fsp3) is 0.333. The fourth-order valence-electron chi connectivity index (χ4n) is 2.46. The van der Waals surface area contributed by atoms with Gasteiger partial charge in [-0.25, -0.2) is 4.79 Å². The van der Waals surface area contributed by atoms with Gasteiger partial charge in [0, 0.05) is 17.8 Å². The Morgan fingerprint density at radius 2 is 2.05 bits per heavy atom. The highest BCUT2D eigenvalue weighted by molar-refractivity contribution is 5.96. The third kappa shape index (κ3) is 3.45. The van der Waals surface area contributed by atoms with Crippen molar-refractivity contribution in [3.63, 3.8) is 0 Å². The molecule has 1 aliphatic carbocycles. The van der Waals surface area contributed by atoms with E-state index < -0.39 is 5.97 Å². The van der Waals surface area contributed by atoms with Crippen LogP contribution in [0.3, 0.4) is 0 Å². The predicted octanol–water partition coefficient (Wildman–Crippen LogP) is 1.85. The summed E-state index contributed by atoms with van der Waals surface area (Å²) in [7, 11) is 0. The molecule has 0 saturated heterocycles. The molecule has 5 heteroatoms. The van der Waals surface area contributed by atoms with Crippen LogP contribution in [0.5, 0.6) is 0 Å². The summed E-state index contributed by atoms with van der Waals surface area (Å²) in [5.41, 5.74) is 7.18. The van der Waals surface area contributed by atoms with Gasteiger partial charge < -0.3 is 16.2 Å². The van der Waals surface area contributed by atoms with Gasteiger partial charge in [0.1, 0.15) is 0 Å². The van der Waals surface area contributed by atoms with Crippen LogP contribution in [0, 0.1) is 5.92 Å². The molecule has 2 rings (SSSR count). The Morgan fingerprint density at radius 3 is 2.70 bits per heavy atom. The Morgan fingerprint density at radius 1 is 1.30 bits per heavy atom. The minimum atomic E-state index is -1.02. The maximum atomic E-state index is 12.2. The van der Waals surface area contributed by atoms with Crippen LogP contribution >= 0.6 is 0 Å². The second kappa shape index (κ2) is 6.34. The molecule has 106 valence electrons. The van der Waals surface area contributed by atoms with Gasteiger partial charge in [0.2, 0.25) is 5.91 Å². The van der Waals surface area contributed by atoms with Gasteiger partial charge in [0.15, 0.2) is 0 Å². The summed E-state index contributed by atoms with van der Waals surface area (Å²) in [5, 5.41) is 11.5. The highest BCUT2D eigenvalue weighted by atomic mass is 16.4. The summed E-state index contributed by atoms with van der Waals surface area (Å²) in [4.78, 5) is 22.8. The first-order chi connectivity index (χ1) is 9.58. The number of hydrogen-bond donors (Lipinski definition) is 3. The highest BCUT2D eigenvalue weighted by Crippen LogP contribution is 2.26. The Bertz CT molecular complexity index is 540. The fourth-order valence-corrected chi connectivity index (χ4v) is 2.46. The zero-order valence-corrected chi connectivity index (χ0v) is 11.1. The van der Waals surface area contributed by atoms with Crippen molar-refractivity contribution in [2.24, 2.45) is 11.7 Å². The molecule has 1 saturated carbocycles. The van der Waals surface area contributed by atoms with Gasteiger partial charge in [-0.1, -0.05) is 24.6 Å². The van der Waals surface area contributed by atoms with E-state index in [0.29, 0.717) is 11.3 Å². The standard InChI is InChI=1S/C15H18N2O3/c16-12-6-3-5-11(12)15(20)17-13-7-2-1-4-10(13)8-9-14(18)19/h1-2,4,7-9,11-12H,3,5-6,16H2,(H,17,20)(H,18,19). The molecule has 1 aromatic rings. The number of anilines is 1. The molecule has 0 spiro atoms. The first kappa shape index (κ1) is 14.3. The van der Waals surface area contributed by atoms with Crippen LogP contribution in [0.1, 0.15) is 24.8 Å². The van der Waals surface area contributed by atoms with Gasteiger partial charge in [0.05, 0.1) is 5.92 Å². The number of rotatable bonds is 4. The lowest BCUT2D eigenvalue weighted by Gasteiger charge is -2.16. The quantitative estimate of drug-likeness (QED) is 0.730. The first-order valence-electron chi connectivity index (χ1n) is 6.64. The van der Waals surface area contributed by atoms with E-state index >= 15 is 0 Å². The van der Waals surface area contributed by atoms with E-state index in [1.165, 1.54) is 6.08 Å². The normalized spacial score (nSPS) is 22.1. The number of carboxylic acid groups (broad SMARTS) is 1. The van der Waals surface area contributed by atoms with Crippen molar-refractivity contribution in [2.45, 2.75) is 25.3 Å². The SMILES string of the molecule is NC1CCCC1C(=O)Nc1ccccc1C=CC(=O)O. The summed E-state index contributed by atoms with van der Waals surface area (Å²) in [6.45, 7) is 0. The van der Waals surface area contributed by atoms with Crippen molar-refractivity contribution in [1.29, 1.82) is 0 Å². The Balaban J connectivity index is 2.12. The van der Waals surface area contributed by atoms with Crippen LogP contribution in [-0.4, -0.2) is 23.0 Å². The van der Waals surface area contributed by atoms with Crippen molar-refractivity contribution in [3.8, 4) is 0 Å². The molecule has 2 unspecified atom stereocenters. The van der Waals surface area contributed by atoms with Crippen LogP contribution in [-0.2, 0) is 9.59 Å². The van der Waals surface area contributed by atoms with Crippen LogP contribution in [0.25, 0.3) is 6.08 Å². The monoisotopic (exact) mass is 274 g/mol. The lowest BCUT2D eigenvalue weighted by atomic mass is 10.0. The summed E-state index contributed by atoms with van der Waals surface area (Å²) in [5.74, 6) is -1.28. The van der Waals surface area contributed by atoms with E-state index in [0.717, 1.165) is 25.3 Å². The second-order valence-electron chi connectivity index (χ2n) is 4.95. The highest BCUT2D eigenvalue weighted by Gasteiger charge is 2.30. The topological polar surface area (TPSA) is 92.4 Å². The Hall–Kier alpha value is -2.14. The van der Waals surface area contributed by atoms with Crippen LogP contribution in [0.4, 0.5) is 5.69 Å². The molecule has 0 bridgehead atoms. The second-order valence-corrected chi connectivity index (χ2v) is 4.95. The lowest BCUT2D eigenvalue weighted by molar-refractivity contribution is -0.131. The number of amides is 1. The number of nitrogens with one attached hydrogen (secondary N) is 1. The van der Waals surface area contributed by atoms with Gasteiger partial charge in [0.25, 0.3) is 0 Å². The van der Waals surface area contributed by atoms with Crippen LogP contribution in [0.2, 0.25) is 0 Å². The van der Waals surface area contributed by atoms with Crippen molar-refractivity contribution < 1.29 is 14.7 Å². The van der Waals surface area contributed by atoms with E-state index in [1.54, 1.807) is 24.3 Å². The number of benzene rings is 1. The molecule has 1 aliphatic rings. The summed E-state index contributed by atoms with van der Waals surface area (Å²) in [6.07, 6.45) is 5.16. The summed E-state index contributed by atoms with van der Waals surface area (Å²) >= 11 is 0. The van der Waals surface area contributed by atoms with Crippen LogP contribution < -0.4 is 11.1 Å². The predicted molar refractivity (Wildman–Crippen MR) is 77.1 cm³/mol. The lowest BCUT2D eigenvalue weighted by Crippen LogP contribution is -2.34. The number of para-hydroxylation sites is 1.